The van der Waals surface area contributed by atoms with Gasteiger partial charge in [0.25, 0.3) is 0 Å². The van der Waals surface area contributed by atoms with Gasteiger partial charge in [0.05, 0.1) is 39.6 Å². The molecule has 0 aliphatic carbocycles. The summed E-state index contributed by atoms with van der Waals surface area (Å²) in [6, 6.07) is 7.80. The second kappa shape index (κ2) is 12.4. The van der Waals surface area contributed by atoms with Crippen LogP contribution in [0.1, 0.15) is 31.7 Å². The third-order valence-electron chi connectivity index (χ3n) is 4.84. The monoisotopic (exact) mass is 404 g/mol. The highest BCUT2D eigenvalue weighted by Gasteiger charge is 2.33. The molecule has 1 heterocycles. The van der Waals surface area contributed by atoms with Gasteiger partial charge in [0.15, 0.2) is 6.10 Å². The van der Waals surface area contributed by atoms with E-state index in [4.69, 9.17) is 23.7 Å². The minimum Gasteiger partial charge on any atom is -0.497 e. The van der Waals surface area contributed by atoms with Crippen molar-refractivity contribution in [3.05, 3.63) is 54.6 Å². The number of hydrogen-bond acceptors (Lipinski definition) is 6. The number of carbonyl (C=O) groups excluding carboxylic acids is 1. The van der Waals surface area contributed by atoms with Crippen molar-refractivity contribution in [1.29, 1.82) is 0 Å². The van der Waals surface area contributed by atoms with Crippen LogP contribution < -0.4 is 4.74 Å². The molecule has 4 atom stereocenters. The van der Waals surface area contributed by atoms with E-state index in [1.54, 1.807) is 13.2 Å². The zero-order valence-corrected chi connectivity index (χ0v) is 17.5. The molecule has 0 spiro atoms. The molecule has 0 amide bonds. The van der Waals surface area contributed by atoms with Gasteiger partial charge in [-0.3, -0.25) is 0 Å². The van der Waals surface area contributed by atoms with Crippen molar-refractivity contribution in [3.8, 4) is 5.75 Å². The number of allylic oxidation sites excluding steroid dienone is 1. The second-order valence-electron chi connectivity index (χ2n) is 6.89. The number of ether oxygens (including phenoxy) is 5. The van der Waals surface area contributed by atoms with E-state index < -0.39 is 12.1 Å². The smallest absolute Gasteiger partial charge is 0.335 e. The number of carbonyl (C=O) groups is 1. The van der Waals surface area contributed by atoms with Crippen molar-refractivity contribution in [1.82, 2.24) is 0 Å². The molecule has 1 aliphatic rings. The summed E-state index contributed by atoms with van der Waals surface area (Å²) >= 11 is 0. The Morgan fingerprint density at radius 2 is 2.03 bits per heavy atom. The summed E-state index contributed by atoms with van der Waals surface area (Å²) in [5.41, 5.74) is 1.08. The molecule has 0 saturated carbocycles. The molecule has 0 unspecified atom stereocenters. The Morgan fingerprint density at radius 3 is 2.66 bits per heavy atom. The van der Waals surface area contributed by atoms with Crippen LogP contribution in [0.3, 0.4) is 0 Å². The van der Waals surface area contributed by atoms with Gasteiger partial charge in [0.1, 0.15) is 11.9 Å². The number of methoxy groups -OCH3 is 2. The maximum Gasteiger partial charge on any atom is 0.335 e. The zero-order chi connectivity index (χ0) is 21.1. The van der Waals surface area contributed by atoms with Crippen LogP contribution >= 0.6 is 0 Å². The van der Waals surface area contributed by atoms with Gasteiger partial charge in [0, 0.05) is 6.42 Å². The summed E-state index contributed by atoms with van der Waals surface area (Å²) in [6.45, 7) is 6.77. The predicted octanol–water partition coefficient (Wildman–Crippen LogP) is 3.84. The van der Waals surface area contributed by atoms with E-state index in [1.165, 1.54) is 7.11 Å². The molecule has 1 aromatic rings. The van der Waals surface area contributed by atoms with Crippen molar-refractivity contribution in [3.63, 3.8) is 0 Å². The standard InChI is InChI=1S/C23H32O6/c1-5-7-8-22(23(24)26-4)29-20(6-2)21-14-13-19(28-21)16-27-15-17-9-11-18(25-3)12-10-17/h5-7,9-12,19-22H,2,8,13-16H2,1,3-4H3/b7-5+/t19-,20-,21-,22+/m1/s1. The molecule has 0 aromatic heterocycles. The summed E-state index contributed by atoms with van der Waals surface area (Å²) in [5.74, 6) is 0.429. The second-order valence-corrected chi connectivity index (χ2v) is 6.89. The highest BCUT2D eigenvalue weighted by molar-refractivity contribution is 5.74. The first-order valence-corrected chi connectivity index (χ1v) is 9.94. The molecule has 0 bridgehead atoms. The number of benzene rings is 1. The quantitative estimate of drug-likeness (QED) is 0.390. The lowest BCUT2D eigenvalue weighted by Crippen LogP contribution is -2.36. The van der Waals surface area contributed by atoms with Crippen LogP contribution in [0, 0.1) is 0 Å². The van der Waals surface area contributed by atoms with Crippen LogP contribution in [0.15, 0.2) is 49.1 Å². The van der Waals surface area contributed by atoms with Gasteiger partial charge < -0.3 is 23.7 Å². The largest absolute Gasteiger partial charge is 0.497 e. The van der Waals surface area contributed by atoms with E-state index in [0.29, 0.717) is 19.6 Å². The SMILES string of the molecule is C=C[C@@H](O[C@@H](C/C=C/C)C(=O)OC)[C@H]1CC[C@H](COCc2ccc(OC)cc2)O1. The third-order valence-corrected chi connectivity index (χ3v) is 4.84. The zero-order valence-electron chi connectivity index (χ0n) is 17.5. The molecule has 1 aliphatic heterocycles. The first-order chi connectivity index (χ1) is 14.1. The molecule has 6 nitrogen and oxygen atoms in total. The van der Waals surface area contributed by atoms with Crippen molar-refractivity contribution >= 4 is 5.97 Å². The number of hydrogen-bond donors (Lipinski definition) is 0. The Kier molecular flexibility index (Phi) is 9.91. The Hall–Kier alpha value is -2.15. The van der Waals surface area contributed by atoms with E-state index in [-0.39, 0.29) is 18.3 Å². The van der Waals surface area contributed by atoms with E-state index in [1.807, 2.05) is 43.3 Å². The molecular formula is C23H32O6. The normalized spacial score (nSPS) is 21.1. The Bertz CT molecular complexity index is 654. The molecule has 2 rings (SSSR count). The summed E-state index contributed by atoms with van der Waals surface area (Å²) in [5, 5.41) is 0. The van der Waals surface area contributed by atoms with Crippen molar-refractivity contribution in [2.45, 2.75) is 57.2 Å². The van der Waals surface area contributed by atoms with Crippen LogP contribution in [-0.2, 0) is 30.3 Å². The van der Waals surface area contributed by atoms with Crippen molar-refractivity contribution in [2.75, 3.05) is 20.8 Å². The highest BCUT2D eigenvalue weighted by Crippen LogP contribution is 2.26. The van der Waals surface area contributed by atoms with Gasteiger partial charge in [-0.25, -0.2) is 4.79 Å². The van der Waals surface area contributed by atoms with Crippen LogP contribution in [0.25, 0.3) is 0 Å². The minimum absolute atomic E-state index is 0.00332. The average molecular weight is 405 g/mol. The maximum absolute atomic E-state index is 12.0. The topological polar surface area (TPSA) is 63.2 Å². The van der Waals surface area contributed by atoms with E-state index in [9.17, 15) is 4.79 Å². The summed E-state index contributed by atoms with van der Waals surface area (Å²) in [6.07, 6.45) is 6.40. The van der Waals surface area contributed by atoms with Crippen LogP contribution in [-0.4, -0.2) is 51.2 Å². The fraction of sp³-hybridized carbons (Fsp3) is 0.522. The molecule has 0 radical (unpaired) electrons. The lowest BCUT2D eigenvalue weighted by atomic mass is 10.1. The van der Waals surface area contributed by atoms with Crippen molar-refractivity contribution in [2.24, 2.45) is 0 Å². The molecular weight excluding hydrogens is 372 g/mol. The van der Waals surface area contributed by atoms with Gasteiger partial charge in [-0.2, -0.15) is 0 Å². The Morgan fingerprint density at radius 1 is 1.28 bits per heavy atom. The first kappa shape index (κ1) is 23.1. The Balaban J connectivity index is 1.80. The van der Waals surface area contributed by atoms with Gasteiger partial charge >= 0.3 is 5.97 Å². The maximum atomic E-state index is 12.0. The minimum atomic E-state index is -0.673. The highest BCUT2D eigenvalue weighted by atomic mass is 16.6. The summed E-state index contributed by atoms with van der Waals surface area (Å²) < 4.78 is 27.9. The summed E-state index contributed by atoms with van der Waals surface area (Å²) in [4.78, 5) is 12.0. The molecule has 29 heavy (non-hydrogen) atoms. The number of rotatable bonds is 12. The fourth-order valence-electron chi connectivity index (χ4n) is 3.21. The predicted molar refractivity (Wildman–Crippen MR) is 111 cm³/mol. The molecule has 0 N–H and O–H groups in total. The van der Waals surface area contributed by atoms with Gasteiger partial charge in [-0.1, -0.05) is 30.4 Å². The van der Waals surface area contributed by atoms with Gasteiger partial charge in [0.2, 0.25) is 0 Å². The molecule has 160 valence electrons. The molecule has 6 heteroatoms. The van der Waals surface area contributed by atoms with Crippen LogP contribution in [0.5, 0.6) is 5.75 Å². The lowest BCUT2D eigenvalue weighted by Gasteiger charge is -2.25. The van der Waals surface area contributed by atoms with Gasteiger partial charge in [-0.15, -0.1) is 6.58 Å². The lowest BCUT2D eigenvalue weighted by molar-refractivity contribution is -0.161. The molecule has 1 saturated heterocycles. The molecule has 1 fully saturated rings. The van der Waals surface area contributed by atoms with E-state index >= 15 is 0 Å². The van der Waals surface area contributed by atoms with Gasteiger partial charge in [-0.05, 0) is 37.5 Å². The summed E-state index contributed by atoms with van der Waals surface area (Å²) in [7, 11) is 3.01. The Labute approximate surface area is 173 Å². The average Bonchev–Trinajstić information content (AvgIpc) is 3.22. The molecule has 1 aromatic carbocycles. The fourth-order valence-corrected chi connectivity index (χ4v) is 3.21. The van der Waals surface area contributed by atoms with Crippen LogP contribution in [0.4, 0.5) is 0 Å². The number of esters is 1. The third kappa shape index (κ3) is 7.31. The van der Waals surface area contributed by atoms with E-state index in [2.05, 4.69) is 6.58 Å². The van der Waals surface area contributed by atoms with Crippen molar-refractivity contribution < 1.29 is 28.5 Å². The van der Waals surface area contributed by atoms with E-state index in [0.717, 1.165) is 24.2 Å². The van der Waals surface area contributed by atoms with Crippen LogP contribution in [0.2, 0.25) is 0 Å². The first-order valence-electron chi connectivity index (χ1n) is 9.94.